The molecule has 0 bridgehead atoms. The van der Waals surface area contributed by atoms with E-state index in [0.717, 1.165) is 4.48 Å². The number of hydrogen-bond donors (Lipinski definition) is 0. The standard InChI is InChI=1S/C8H13N2.HI/c1-10(2,3)8-4-6-9-7-5-8;/h4-7H,1-3H3;1H/q+1;/p-1. The van der Waals surface area contributed by atoms with Crippen molar-refractivity contribution in [3.05, 3.63) is 24.5 Å². The summed E-state index contributed by atoms with van der Waals surface area (Å²) in [6.07, 6.45) is 3.64. The van der Waals surface area contributed by atoms with Crippen molar-refractivity contribution < 1.29 is 24.0 Å². The molecule has 2 nitrogen and oxygen atoms in total. The van der Waals surface area contributed by atoms with Crippen molar-refractivity contribution in [3.63, 3.8) is 0 Å². The molecule has 3 heteroatoms. The van der Waals surface area contributed by atoms with Crippen LogP contribution in [0.1, 0.15) is 0 Å². The second-order valence-electron chi connectivity index (χ2n) is 3.22. The largest absolute Gasteiger partial charge is 1.00 e. The van der Waals surface area contributed by atoms with Gasteiger partial charge in [0.05, 0.1) is 21.1 Å². The van der Waals surface area contributed by atoms with Gasteiger partial charge in [-0.1, -0.05) is 0 Å². The first-order chi connectivity index (χ1) is 4.61. The molecule has 0 atom stereocenters. The van der Waals surface area contributed by atoms with Crippen LogP contribution in [0.4, 0.5) is 5.69 Å². The molecule has 0 aliphatic rings. The van der Waals surface area contributed by atoms with Gasteiger partial charge in [0, 0.05) is 24.5 Å². The molecule has 1 heterocycles. The molecule has 62 valence electrons. The summed E-state index contributed by atoms with van der Waals surface area (Å²) in [6, 6.07) is 4.06. The predicted octanol–water partition coefficient (Wildman–Crippen LogP) is -1.72. The zero-order valence-electron chi connectivity index (χ0n) is 7.08. The van der Waals surface area contributed by atoms with E-state index in [2.05, 4.69) is 26.1 Å². The van der Waals surface area contributed by atoms with E-state index in [1.807, 2.05) is 24.5 Å². The van der Waals surface area contributed by atoms with Crippen LogP contribution in [-0.2, 0) is 0 Å². The summed E-state index contributed by atoms with van der Waals surface area (Å²) in [5.41, 5.74) is 1.27. The van der Waals surface area contributed by atoms with Gasteiger partial charge < -0.3 is 24.0 Å². The van der Waals surface area contributed by atoms with Crippen LogP contribution in [0.5, 0.6) is 0 Å². The molecule has 11 heavy (non-hydrogen) atoms. The Hall–Kier alpha value is -0.160. The highest BCUT2D eigenvalue weighted by Gasteiger charge is 2.09. The average molecular weight is 264 g/mol. The summed E-state index contributed by atoms with van der Waals surface area (Å²) >= 11 is 0. The smallest absolute Gasteiger partial charge is 0.135 e. The number of pyridine rings is 1. The molecular formula is C8H13IN2. The lowest BCUT2D eigenvalue weighted by atomic mass is 10.3. The molecule has 0 spiro atoms. The van der Waals surface area contributed by atoms with Gasteiger partial charge in [-0.25, -0.2) is 0 Å². The first-order valence-corrected chi connectivity index (χ1v) is 3.33. The number of hydrogen-bond acceptors (Lipinski definition) is 1. The molecule has 0 aromatic carbocycles. The molecule has 0 unspecified atom stereocenters. The van der Waals surface area contributed by atoms with E-state index in [1.165, 1.54) is 5.69 Å². The quantitative estimate of drug-likeness (QED) is 0.434. The molecule has 0 amide bonds. The first-order valence-electron chi connectivity index (χ1n) is 3.33. The van der Waals surface area contributed by atoms with Crippen LogP contribution >= 0.6 is 0 Å². The Kier molecular flexibility index (Phi) is 3.96. The van der Waals surface area contributed by atoms with Crippen molar-refractivity contribution in [2.75, 3.05) is 21.1 Å². The fraction of sp³-hybridized carbons (Fsp3) is 0.375. The lowest BCUT2D eigenvalue weighted by Gasteiger charge is -2.22. The third-order valence-corrected chi connectivity index (χ3v) is 1.44. The molecule has 0 radical (unpaired) electrons. The van der Waals surface area contributed by atoms with Gasteiger partial charge >= 0.3 is 0 Å². The van der Waals surface area contributed by atoms with E-state index >= 15 is 0 Å². The van der Waals surface area contributed by atoms with Gasteiger partial charge in [-0.05, 0) is 0 Å². The fourth-order valence-electron chi connectivity index (χ4n) is 0.791. The number of aromatic nitrogens is 1. The Morgan fingerprint density at radius 3 is 1.82 bits per heavy atom. The van der Waals surface area contributed by atoms with E-state index in [4.69, 9.17) is 0 Å². The van der Waals surface area contributed by atoms with E-state index in [0.29, 0.717) is 0 Å². The molecule has 0 aliphatic carbocycles. The Labute approximate surface area is 84.9 Å². The Balaban J connectivity index is 0.000001000. The normalized spacial score (nSPS) is 10.5. The lowest BCUT2D eigenvalue weighted by Crippen LogP contribution is -3.00. The molecule has 0 fully saturated rings. The third-order valence-electron chi connectivity index (χ3n) is 1.44. The van der Waals surface area contributed by atoms with Gasteiger partial charge in [-0.15, -0.1) is 0 Å². The summed E-state index contributed by atoms with van der Waals surface area (Å²) in [7, 11) is 6.40. The van der Waals surface area contributed by atoms with Crippen LogP contribution < -0.4 is 28.5 Å². The molecule has 1 aromatic rings. The maximum atomic E-state index is 3.95. The van der Waals surface area contributed by atoms with Crippen LogP contribution in [0.25, 0.3) is 0 Å². The molecule has 0 aliphatic heterocycles. The summed E-state index contributed by atoms with van der Waals surface area (Å²) in [4.78, 5) is 3.95. The van der Waals surface area contributed by atoms with Gasteiger partial charge in [0.15, 0.2) is 0 Å². The number of nitrogens with zero attached hydrogens (tertiary/aromatic N) is 2. The van der Waals surface area contributed by atoms with Crippen molar-refractivity contribution in [3.8, 4) is 0 Å². The minimum absolute atomic E-state index is 0. The molecular weight excluding hydrogens is 251 g/mol. The summed E-state index contributed by atoms with van der Waals surface area (Å²) in [5, 5.41) is 0. The van der Waals surface area contributed by atoms with E-state index in [-0.39, 0.29) is 24.0 Å². The summed E-state index contributed by atoms with van der Waals surface area (Å²) < 4.78 is 0.850. The van der Waals surface area contributed by atoms with Gasteiger partial charge in [-0.3, -0.25) is 9.47 Å². The van der Waals surface area contributed by atoms with E-state index in [1.54, 1.807) is 0 Å². The number of rotatable bonds is 1. The van der Waals surface area contributed by atoms with Crippen LogP contribution in [0, 0.1) is 0 Å². The minimum Gasteiger partial charge on any atom is -1.00 e. The van der Waals surface area contributed by atoms with E-state index < -0.39 is 0 Å². The number of quaternary nitrogens is 1. The monoisotopic (exact) mass is 264 g/mol. The van der Waals surface area contributed by atoms with Crippen LogP contribution in [-0.4, -0.2) is 26.1 Å². The maximum absolute atomic E-state index is 3.95. The van der Waals surface area contributed by atoms with Crippen LogP contribution in [0.15, 0.2) is 24.5 Å². The molecule has 1 aromatic heterocycles. The second kappa shape index (κ2) is 4.01. The van der Waals surface area contributed by atoms with Crippen LogP contribution in [0.2, 0.25) is 0 Å². The summed E-state index contributed by atoms with van der Waals surface area (Å²) in [6.45, 7) is 0. The highest BCUT2D eigenvalue weighted by atomic mass is 127. The number of halogens is 1. The third kappa shape index (κ3) is 3.16. The Bertz CT molecular complexity index is 203. The molecule has 0 saturated heterocycles. The van der Waals surface area contributed by atoms with Crippen molar-refractivity contribution in [1.29, 1.82) is 0 Å². The molecule has 0 saturated carbocycles. The first kappa shape index (κ1) is 10.8. The fourth-order valence-corrected chi connectivity index (χ4v) is 0.791. The van der Waals surface area contributed by atoms with Crippen LogP contribution in [0.3, 0.4) is 0 Å². The zero-order valence-corrected chi connectivity index (χ0v) is 9.24. The Morgan fingerprint density at radius 1 is 1.09 bits per heavy atom. The minimum atomic E-state index is 0. The van der Waals surface area contributed by atoms with Crippen molar-refractivity contribution >= 4 is 5.69 Å². The Morgan fingerprint density at radius 2 is 1.55 bits per heavy atom. The van der Waals surface area contributed by atoms with Gasteiger partial charge in [-0.2, -0.15) is 0 Å². The maximum Gasteiger partial charge on any atom is 0.135 e. The lowest BCUT2D eigenvalue weighted by molar-refractivity contribution is -0.00000242. The average Bonchev–Trinajstić information content (AvgIpc) is 1.88. The van der Waals surface area contributed by atoms with Crippen molar-refractivity contribution in [1.82, 2.24) is 9.47 Å². The van der Waals surface area contributed by atoms with Gasteiger partial charge in [0.1, 0.15) is 5.69 Å². The highest BCUT2D eigenvalue weighted by Crippen LogP contribution is 2.12. The summed E-state index contributed by atoms with van der Waals surface area (Å²) in [5.74, 6) is 0. The van der Waals surface area contributed by atoms with Gasteiger partial charge in [0.2, 0.25) is 0 Å². The highest BCUT2D eigenvalue weighted by molar-refractivity contribution is 5.38. The van der Waals surface area contributed by atoms with Crippen molar-refractivity contribution in [2.45, 2.75) is 0 Å². The van der Waals surface area contributed by atoms with Gasteiger partial charge in [0.25, 0.3) is 0 Å². The van der Waals surface area contributed by atoms with Crippen molar-refractivity contribution in [2.24, 2.45) is 0 Å². The predicted molar refractivity (Wildman–Crippen MR) is 43.8 cm³/mol. The molecule has 0 N–H and O–H groups in total. The second-order valence-corrected chi connectivity index (χ2v) is 3.22. The zero-order chi connectivity index (χ0) is 7.61. The topological polar surface area (TPSA) is 12.9 Å². The SMILES string of the molecule is C[N+](C)(C)c1ccncc1.[I-]. The van der Waals surface area contributed by atoms with E-state index in [9.17, 15) is 0 Å². The molecule has 1 rings (SSSR count).